The average molecular weight is 215 g/mol. The first-order chi connectivity index (χ1) is 7.66. The standard InChI is InChI=1S/C14H17NO/c1-4-12-13(10(2)15(3)14(12)16)11-8-6-5-7-9-11/h4-10,13H,1-3H3/b12-4-/t10-,13+/m0/s1. The van der Waals surface area contributed by atoms with Gasteiger partial charge in [-0.05, 0) is 19.4 Å². The van der Waals surface area contributed by atoms with Crippen LogP contribution in [-0.4, -0.2) is 23.9 Å². The summed E-state index contributed by atoms with van der Waals surface area (Å²) in [4.78, 5) is 13.8. The van der Waals surface area contributed by atoms with Crippen molar-refractivity contribution in [1.82, 2.24) is 4.90 Å². The monoisotopic (exact) mass is 215 g/mol. The molecule has 1 aromatic carbocycles. The molecule has 1 fully saturated rings. The number of hydrogen-bond donors (Lipinski definition) is 0. The van der Waals surface area contributed by atoms with Gasteiger partial charge in [-0.1, -0.05) is 36.4 Å². The third-order valence-corrected chi connectivity index (χ3v) is 3.47. The lowest BCUT2D eigenvalue weighted by Gasteiger charge is -2.20. The summed E-state index contributed by atoms with van der Waals surface area (Å²) in [6.07, 6.45) is 1.94. The molecule has 84 valence electrons. The quantitative estimate of drug-likeness (QED) is 0.659. The van der Waals surface area contributed by atoms with Crippen LogP contribution in [0.25, 0.3) is 0 Å². The normalized spacial score (nSPS) is 27.8. The minimum absolute atomic E-state index is 0.156. The van der Waals surface area contributed by atoms with E-state index in [9.17, 15) is 4.79 Å². The van der Waals surface area contributed by atoms with Gasteiger partial charge in [-0.25, -0.2) is 0 Å². The van der Waals surface area contributed by atoms with Crippen LogP contribution in [-0.2, 0) is 4.79 Å². The van der Waals surface area contributed by atoms with E-state index in [1.54, 1.807) is 0 Å². The Labute approximate surface area is 96.6 Å². The van der Waals surface area contributed by atoms with Gasteiger partial charge in [0.15, 0.2) is 0 Å². The molecule has 0 aromatic heterocycles. The highest BCUT2D eigenvalue weighted by Gasteiger charge is 2.39. The van der Waals surface area contributed by atoms with Crippen molar-refractivity contribution in [3.63, 3.8) is 0 Å². The van der Waals surface area contributed by atoms with Gasteiger partial charge in [0.2, 0.25) is 5.91 Å². The van der Waals surface area contributed by atoms with Crippen LogP contribution < -0.4 is 0 Å². The van der Waals surface area contributed by atoms with Crippen molar-refractivity contribution in [2.45, 2.75) is 25.8 Å². The fraction of sp³-hybridized carbons (Fsp3) is 0.357. The van der Waals surface area contributed by atoms with Crippen LogP contribution in [0.5, 0.6) is 0 Å². The highest BCUT2D eigenvalue weighted by molar-refractivity contribution is 5.98. The summed E-state index contributed by atoms with van der Waals surface area (Å²) in [6.45, 7) is 4.04. The molecule has 1 aromatic rings. The molecule has 0 spiro atoms. The number of likely N-dealkylation sites (N-methyl/N-ethyl adjacent to an activating group) is 1. The lowest BCUT2D eigenvalue weighted by atomic mass is 9.89. The van der Waals surface area contributed by atoms with Gasteiger partial charge >= 0.3 is 0 Å². The maximum atomic E-state index is 12.0. The molecular formula is C14H17NO. The molecule has 2 nitrogen and oxygen atoms in total. The average Bonchev–Trinajstić information content (AvgIpc) is 2.54. The molecular weight excluding hydrogens is 198 g/mol. The van der Waals surface area contributed by atoms with Crippen molar-refractivity contribution in [2.24, 2.45) is 0 Å². The van der Waals surface area contributed by atoms with Gasteiger partial charge in [-0.15, -0.1) is 0 Å². The Morgan fingerprint density at radius 1 is 1.25 bits per heavy atom. The zero-order valence-electron chi connectivity index (χ0n) is 9.97. The molecule has 0 N–H and O–H groups in total. The van der Waals surface area contributed by atoms with Gasteiger partial charge in [0.1, 0.15) is 0 Å². The molecule has 0 aliphatic carbocycles. The SMILES string of the molecule is C/C=C1\C(=O)N(C)[C@@H](C)[C@@H]1c1ccccc1. The largest absolute Gasteiger partial charge is 0.338 e. The molecule has 0 radical (unpaired) electrons. The van der Waals surface area contributed by atoms with Crippen LogP contribution >= 0.6 is 0 Å². The summed E-state index contributed by atoms with van der Waals surface area (Å²) in [6, 6.07) is 10.5. The molecule has 1 aliphatic heterocycles. The van der Waals surface area contributed by atoms with E-state index in [1.807, 2.05) is 43.1 Å². The van der Waals surface area contributed by atoms with Crippen molar-refractivity contribution >= 4 is 5.91 Å². The maximum Gasteiger partial charge on any atom is 0.250 e. The number of amides is 1. The second-order valence-corrected chi connectivity index (χ2v) is 4.29. The maximum absolute atomic E-state index is 12.0. The van der Waals surface area contributed by atoms with Crippen LogP contribution in [0, 0.1) is 0 Å². The molecule has 0 unspecified atom stereocenters. The first-order valence-corrected chi connectivity index (χ1v) is 5.65. The van der Waals surface area contributed by atoms with Crippen molar-refractivity contribution in [3.8, 4) is 0 Å². The Morgan fingerprint density at radius 2 is 1.88 bits per heavy atom. The smallest absolute Gasteiger partial charge is 0.250 e. The number of allylic oxidation sites excluding steroid dienone is 1. The van der Waals surface area contributed by atoms with E-state index >= 15 is 0 Å². The lowest BCUT2D eigenvalue weighted by molar-refractivity contribution is -0.124. The van der Waals surface area contributed by atoms with Gasteiger partial charge < -0.3 is 4.90 Å². The topological polar surface area (TPSA) is 20.3 Å². The van der Waals surface area contributed by atoms with Gasteiger partial charge in [-0.2, -0.15) is 0 Å². The number of nitrogens with zero attached hydrogens (tertiary/aromatic N) is 1. The van der Waals surface area contributed by atoms with Crippen LogP contribution in [0.4, 0.5) is 0 Å². The second kappa shape index (κ2) is 4.12. The number of likely N-dealkylation sites (tertiary alicyclic amines) is 1. The first-order valence-electron chi connectivity index (χ1n) is 5.65. The van der Waals surface area contributed by atoms with Gasteiger partial charge in [0.25, 0.3) is 0 Å². The molecule has 16 heavy (non-hydrogen) atoms. The predicted octanol–water partition coefficient (Wildman–Crippen LogP) is 2.58. The van der Waals surface area contributed by atoms with Gasteiger partial charge in [-0.3, -0.25) is 4.79 Å². The minimum Gasteiger partial charge on any atom is -0.338 e. The van der Waals surface area contributed by atoms with E-state index in [0.29, 0.717) is 0 Å². The van der Waals surface area contributed by atoms with E-state index in [-0.39, 0.29) is 17.9 Å². The number of hydrogen-bond acceptors (Lipinski definition) is 1. The number of carbonyl (C=O) groups is 1. The summed E-state index contributed by atoms with van der Waals surface area (Å²) >= 11 is 0. The van der Waals surface area contributed by atoms with E-state index in [1.165, 1.54) is 5.56 Å². The zero-order valence-corrected chi connectivity index (χ0v) is 9.97. The fourth-order valence-electron chi connectivity index (χ4n) is 2.43. The van der Waals surface area contributed by atoms with Gasteiger partial charge in [0.05, 0.1) is 0 Å². The Bertz CT molecular complexity index is 422. The minimum atomic E-state index is 0.156. The first kappa shape index (κ1) is 10.9. The second-order valence-electron chi connectivity index (χ2n) is 4.29. The summed E-state index contributed by atoms with van der Waals surface area (Å²) in [5.74, 6) is 0.368. The molecule has 2 heteroatoms. The van der Waals surface area contributed by atoms with E-state index in [0.717, 1.165) is 5.57 Å². The van der Waals surface area contributed by atoms with Gasteiger partial charge in [0, 0.05) is 24.6 Å². The predicted molar refractivity (Wildman–Crippen MR) is 65.2 cm³/mol. The molecule has 0 saturated carbocycles. The summed E-state index contributed by atoms with van der Waals surface area (Å²) in [7, 11) is 1.87. The Balaban J connectivity index is 2.45. The Morgan fingerprint density at radius 3 is 2.44 bits per heavy atom. The Kier molecular flexibility index (Phi) is 2.82. The van der Waals surface area contributed by atoms with Crippen LogP contribution in [0.1, 0.15) is 25.3 Å². The lowest BCUT2D eigenvalue weighted by Crippen LogP contribution is -2.27. The fourth-order valence-corrected chi connectivity index (χ4v) is 2.43. The van der Waals surface area contributed by atoms with Crippen molar-refractivity contribution in [1.29, 1.82) is 0 Å². The molecule has 0 bridgehead atoms. The van der Waals surface area contributed by atoms with Crippen LogP contribution in [0.3, 0.4) is 0 Å². The van der Waals surface area contributed by atoms with Crippen molar-refractivity contribution in [2.75, 3.05) is 7.05 Å². The van der Waals surface area contributed by atoms with Crippen molar-refractivity contribution < 1.29 is 4.79 Å². The number of rotatable bonds is 1. The van der Waals surface area contributed by atoms with E-state index in [2.05, 4.69) is 19.1 Å². The third-order valence-electron chi connectivity index (χ3n) is 3.47. The Hall–Kier alpha value is -1.57. The zero-order chi connectivity index (χ0) is 11.7. The molecule has 1 amide bonds. The highest BCUT2D eigenvalue weighted by atomic mass is 16.2. The van der Waals surface area contributed by atoms with Crippen LogP contribution in [0.2, 0.25) is 0 Å². The number of benzene rings is 1. The van der Waals surface area contributed by atoms with E-state index < -0.39 is 0 Å². The molecule has 1 aliphatic rings. The third kappa shape index (κ3) is 1.54. The summed E-state index contributed by atoms with van der Waals surface area (Å²) in [5, 5.41) is 0. The molecule has 1 heterocycles. The van der Waals surface area contributed by atoms with Crippen molar-refractivity contribution in [3.05, 3.63) is 47.5 Å². The van der Waals surface area contributed by atoms with Crippen LogP contribution in [0.15, 0.2) is 42.0 Å². The molecule has 1 saturated heterocycles. The summed E-state index contributed by atoms with van der Waals surface area (Å²) < 4.78 is 0. The summed E-state index contributed by atoms with van der Waals surface area (Å²) in [5.41, 5.74) is 2.14. The van der Waals surface area contributed by atoms with E-state index in [4.69, 9.17) is 0 Å². The number of carbonyl (C=O) groups excluding carboxylic acids is 1. The highest BCUT2D eigenvalue weighted by Crippen LogP contribution is 2.37. The molecule has 2 rings (SSSR count). The molecule has 2 atom stereocenters.